The van der Waals surface area contributed by atoms with Gasteiger partial charge in [-0.15, -0.1) is 0 Å². The molecule has 0 saturated carbocycles. The molecule has 0 unspecified atom stereocenters. The lowest BCUT2D eigenvalue weighted by atomic mass is 9.99. The van der Waals surface area contributed by atoms with Gasteiger partial charge in [0.25, 0.3) is 0 Å². The smallest absolute Gasteiger partial charge is 0.418 e. The molecule has 0 saturated heterocycles. The molecule has 9 aromatic carbocycles. The molecule has 0 fully saturated rings. The van der Waals surface area contributed by atoms with Crippen molar-refractivity contribution in [2.45, 2.75) is 6.18 Å². The normalized spacial score (nSPS) is 12.3. The molecule has 5 heterocycles. The van der Waals surface area contributed by atoms with E-state index in [1.165, 1.54) is 0 Å². The lowest BCUT2D eigenvalue weighted by Gasteiger charge is -2.19. The van der Waals surface area contributed by atoms with Crippen molar-refractivity contribution < 1.29 is 22.0 Å². The molecule has 0 amide bonds. The van der Waals surface area contributed by atoms with Crippen LogP contribution in [0.2, 0.25) is 0 Å². The number of nitrogens with zero attached hydrogens (tertiary/aromatic N) is 5. The SMILES string of the molecule is FC(F)(F)c1cc(-c2nc(-c3ccccc3)nc(-c3ccccc3)n2)c2oc3ccccc3c2c1-n1c2ccccc2c2c3c(c4ccccc4n3-c3ccccc3)c3oc4ccccc4c3c21. The molecule has 5 aromatic heterocycles. The van der Waals surface area contributed by atoms with Gasteiger partial charge in [-0.05, 0) is 42.5 Å². The molecule has 0 N–H and O–H groups in total. The summed E-state index contributed by atoms with van der Waals surface area (Å²) in [5.41, 5.74) is 6.10. The van der Waals surface area contributed by atoms with Crippen molar-refractivity contribution in [3.63, 3.8) is 0 Å². The Labute approximate surface area is 383 Å². The Morgan fingerprint density at radius 1 is 0.397 bits per heavy atom. The van der Waals surface area contributed by atoms with Crippen LogP contribution in [0.15, 0.2) is 203 Å². The van der Waals surface area contributed by atoms with Gasteiger partial charge in [0.2, 0.25) is 0 Å². The minimum atomic E-state index is -4.90. The Kier molecular flexibility index (Phi) is 8.01. The van der Waals surface area contributed by atoms with Gasteiger partial charge in [-0.2, -0.15) is 13.2 Å². The monoisotopic (exact) mass is 887 g/mol. The van der Waals surface area contributed by atoms with Crippen LogP contribution in [0.1, 0.15) is 5.56 Å². The zero-order chi connectivity index (χ0) is 45.3. The minimum Gasteiger partial charge on any atom is -0.455 e. The Morgan fingerprint density at radius 3 is 1.44 bits per heavy atom. The number of fused-ring (bicyclic) bond motifs is 15. The first-order valence-electron chi connectivity index (χ1n) is 22.2. The van der Waals surface area contributed by atoms with E-state index < -0.39 is 11.7 Å². The highest BCUT2D eigenvalue weighted by Gasteiger charge is 2.40. The molecule has 0 atom stereocenters. The summed E-state index contributed by atoms with van der Waals surface area (Å²) in [5.74, 6) is 0.662. The van der Waals surface area contributed by atoms with E-state index in [-0.39, 0.29) is 28.0 Å². The fourth-order valence-corrected chi connectivity index (χ4v) is 10.4. The number of hydrogen-bond donors (Lipinski definition) is 0. The van der Waals surface area contributed by atoms with E-state index in [0.29, 0.717) is 61.3 Å². The third-order valence-electron chi connectivity index (χ3n) is 13.1. The van der Waals surface area contributed by atoms with Gasteiger partial charge in [-0.1, -0.05) is 152 Å². The molecule has 14 rings (SSSR count). The quantitative estimate of drug-likeness (QED) is 0.172. The maximum atomic E-state index is 16.7. The molecule has 0 aliphatic carbocycles. The Balaban J connectivity index is 1.21. The van der Waals surface area contributed by atoms with Crippen molar-refractivity contribution in [1.29, 1.82) is 0 Å². The maximum absolute atomic E-state index is 16.7. The number of hydrogen-bond acceptors (Lipinski definition) is 5. The van der Waals surface area contributed by atoms with Gasteiger partial charge in [0.15, 0.2) is 17.5 Å². The van der Waals surface area contributed by atoms with Crippen LogP contribution in [0, 0.1) is 0 Å². The van der Waals surface area contributed by atoms with Crippen molar-refractivity contribution >= 4 is 87.5 Å². The van der Waals surface area contributed by atoms with Crippen LogP contribution < -0.4 is 0 Å². The topological polar surface area (TPSA) is 74.8 Å². The number of halogens is 3. The average Bonchev–Trinajstić information content (AvgIpc) is 4.14. The number of benzene rings is 9. The van der Waals surface area contributed by atoms with E-state index in [1.807, 2.05) is 158 Å². The van der Waals surface area contributed by atoms with Crippen molar-refractivity contribution in [2.24, 2.45) is 0 Å². The molecular weight excluding hydrogens is 856 g/mol. The highest BCUT2D eigenvalue weighted by molar-refractivity contribution is 6.39. The summed E-state index contributed by atoms with van der Waals surface area (Å²) in [6.07, 6.45) is -4.90. The summed E-state index contributed by atoms with van der Waals surface area (Å²) in [7, 11) is 0. The largest absolute Gasteiger partial charge is 0.455 e. The summed E-state index contributed by atoms with van der Waals surface area (Å²) in [6.45, 7) is 0. The lowest BCUT2D eigenvalue weighted by Crippen LogP contribution is -2.12. The first-order valence-corrected chi connectivity index (χ1v) is 22.2. The van der Waals surface area contributed by atoms with Crippen molar-refractivity contribution in [3.05, 3.63) is 200 Å². The summed E-state index contributed by atoms with van der Waals surface area (Å²) in [5, 5.41) is 5.63. The van der Waals surface area contributed by atoms with Crippen molar-refractivity contribution in [1.82, 2.24) is 24.1 Å². The Morgan fingerprint density at radius 2 is 0.838 bits per heavy atom. The molecule has 7 nitrogen and oxygen atoms in total. The number of para-hydroxylation sites is 5. The maximum Gasteiger partial charge on any atom is 0.418 e. The van der Waals surface area contributed by atoms with Gasteiger partial charge in [-0.3, -0.25) is 0 Å². The summed E-state index contributed by atoms with van der Waals surface area (Å²) < 4.78 is 67.9. The molecule has 10 heteroatoms. The number of aromatic nitrogens is 5. The van der Waals surface area contributed by atoms with Crippen LogP contribution >= 0.6 is 0 Å². The molecule has 0 aliphatic rings. The predicted molar refractivity (Wildman–Crippen MR) is 264 cm³/mol. The first kappa shape index (κ1) is 38.3. The zero-order valence-electron chi connectivity index (χ0n) is 35.7. The van der Waals surface area contributed by atoms with Crippen LogP contribution in [0.4, 0.5) is 13.2 Å². The molecular formula is C58H32F3N5O2. The van der Waals surface area contributed by atoms with Gasteiger partial charge < -0.3 is 18.0 Å². The molecule has 14 aromatic rings. The van der Waals surface area contributed by atoms with Crippen LogP contribution in [-0.4, -0.2) is 24.1 Å². The molecule has 0 radical (unpaired) electrons. The second kappa shape index (κ2) is 14.2. The van der Waals surface area contributed by atoms with Crippen LogP contribution in [-0.2, 0) is 6.18 Å². The van der Waals surface area contributed by atoms with Gasteiger partial charge in [0, 0.05) is 43.7 Å². The summed E-state index contributed by atoms with van der Waals surface area (Å²) in [4.78, 5) is 14.7. The van der Waals surface area contributed by atoms with Gasteiger partial charge >= 0.3 is 6.18 Å². The Bertz CT molecular complexity index is 4300. The Hall–Kier alpha value is -9.02. The van der Waals surface area contributed by atoms with Crippen LogP contribution in [0.5, 0.6) is 0 Å². The standard InChI is InChI=1S/C58H32F3N5O2/c59-58(60,61)41-32-40(57-63-55(33-18-4-1-5-19-33)62-56(64-57)34-20-6-2-7-21-34)53-48(38-26-12-16-30-44(38)67-53)50(41)66-43-29-15-10-24-36(43)46-51-47(54-49(52(46)66)39-27-13-17-31-45(39)68-54)37-25-11-14-28-42(37)65(51)35-22-8-3-9-23-35/h1-32H. The molecule has 68 heavy (non-hydrogen) atoms. The van der Waals surface area contributed by atoms with E-state index >= 15 is 13.2 Å². The third kappa shape index (κ3) is 5.45. The second-order valence-corrected chi connectivity index (χ2v) is 16.9. The molecule has 0 spiro atoms. The van der Waals surface area contributed by atoms with E-state index in [4.69, 9.17) is 23.8 Å². The first-order chi connectivity index (χ1) is 33.4. The fourth-order valence-electron chi connectivity index (χ4n) is 10.4. The van der Waals surface area contributed by atoms with E-state index in [0.717, 1.165) is 49.7 Å². The summed E-state index contributed by atoms with van der Waals surface area (Å²) >= 11 is 0. The molecule has 0 aliphatic heterocycles. The summed E-state index contributed by atoms with van der Waals surface area (Å²) in [6, 6.07) is 60.8. The van der Waals surface area contributed by atoms with Crippen LogP contribution in [0.25, 0.3) is 133 Å². The number of furan rings is 2. The van der Waals surface area contributed by atoms with E-state index in [9.17, 15) is 0 Å². The minimum absolute atomic E-state index is 0.0401. The van der Waals surface area contributed by atoms with E-state index in [2.05, 4.69) is 28.8 Å². The number of rotatable bonds is 5. The zero-order valence-corrected chi connectivity index (χ0v) is 35.7. The van der Waals surface area contributed by atoms with Crippen LogP contribution in [0.3, 0.4) is 0 Å². The van der Waals surface area contributed by atoms with E-state index in [1.54, 1.807) is 10.6 Å². The van der Waals surface area contributed by atoms with Crippen molar-refractivity contribution in [2.75, 3.05) is 0 Å². The number of alkyl halides is 3. The van der Waals surface area contributed by atoms with Gasteiger partial charge in [0.05, 0.1) is 55.0 Å². The fraction of sp³-hybridized carbons (Fsp3) is 0.0172. The van der Waals surface area contributed by atoms with Crippen molar-refractivity contribution in [3.8, 4) is 45.5 Å². The van der Waals surface area contributed by atoms with Gasteiger partial charge in [0.1, 0.15) is 22.3 Å². The molecule has 0 bridgehead atoms. The molecule has 322 valence electrons. The highest BCUT2D eigenvalue weighted by atomic mass is 19.4. The predicted octanol–water partition coefficient (Wildman–Crippen LogP) is 15.9. The lowest BCUT2D eigenvalue weighted by molar-refractivity contribution is -0.137. The third-order valence-corrected chi connectivity index (χ3v) is 13.1. The average molecular weight is 888 g/mol. The van der Waals surface area contributed by atoms with Gasteiger partial charge in [-0.25, -0.2) is 15.0 Å². The second-order valence-electron chi connectivity index (χ2n) is 16.9. The highest BCUT2D eigenvalue weighted by Crippen LogP contribution is 2.53.